The molecule has 0 aliphatic carbocycles. The lowest BCUT2D eigenvalue weighted by molar-refractivity contribution is -0.00834. The van der Waals surface area contributed by atoms with Crippen molar-refractivity contribution < 1.29 is 14.7 Å². The molecule has 0 spiro atoms. The molecular weight excluding hydrogens is 502 g/mol. The van der Waals surface area contributed by atoms with Crippen molar-refractivity contribution in [1.29, 1.82) is 0 Å². The van der Waals surface area contributed by atoms with Crippen LogP contribution < -0.4 is 15.1 Å². The molecule has 0 saturated carbocycles. The van der Waals surface area contributed by atoms with E-state index >= 15 is 0 Å². The Hall–Kier alpha value is -3.88. The molecule has 4 aromatic rings. The lowest BCUT2D eigenvalue weighted by atomic mass is 9.86. The van der Waals surface area contributed by atoms with Gasteiger partial charge < -0.3 is 14.2 Å². The van der Waals surface area contributed by atoms with Crippen LogP contribution in [0.15, 0.2) is 73.1 Å². The fourth-order valence-corrected chi connectivity index (χ4v) is 5.59. The largest absolute Gasteiger partial charge is 0.497 e. The molecule has 7 rings (SSSR count). The van der Waals surface area contributed by atoms with Crippen molar-refractivity contribution in [2.24, 2.45) is 0 Å². The zero-order chi connectivity index (χ0) is 28.6. The van der Waals surface area contributed by atoms with Gasteiger partial charge in [0.2, 0.25) is 0 Å². The Morgan fingerprint density at radius 1 is 0.925 bits per heavy atom. The van der Waals surface area contributed by atoms with E-state index in [0.717, 1.165) is 42.0 Å². The lowest BCUT2D eigenvalue weighted by Crippen LogP contribution is -2.68. The summed E-state index contributed by atoms with van der Waals surface area (Å²) in [5.41, 5.74) is 6.67. The van der Waals surface area contributed by atoms with E-state index in [4.69, 9.17) is 9.94 Å². The number of methoxy groups -OCH3 is 1. The fraction of sp³-hybridized carbons (Fsp3) is 0.375. The standard InChI is InChI=1S/C28H29N5O3.2C2H6/c1-36-24-8-4-20(5-9-24)16-33-22-14-23(33)18-32(17-22)26-10-12-29-27-25(26)11-13-31(27)15-19-2-6-21(7-3-19)28(34)30-35;2*1-2/h2-13,22-23,35H,14-18H2,1H3,(H,30,34);2*1-2H3. The van der Waals surface area contributed by atoms with Gasteiger partial charge in [0.1, 0.15) is 11.4 Å². The van der Waals surface area contributed by atoms with Crippen LogP contribution in [-0.4, -0.2) is 57.8 Å². The number of nitrogens with zero attached hydrogens (tertiary/aromatic N) is 4. The number of fused-ring (bicyclic) bond motifs is 3. The summed E-state index contributed by atoms with van der Waals surface area (Å²) >= 11 is 0. The number of nitrogens with one attached hydrogen (secondary N) is 1. The first-order chi connectivity index (χ1) is 19.6. The molecule has 3 fully saturated rings. The molecule has 1 amide bonds. The second-order valence-electron chi connectivity index (χ2n) is 9.62. The molecule has 2 N–H and O–H groups in total. The molecule has 3 saturated heterocycles. The van der Waals surface area contributed by atoms with Gasteiger partial charge in [-0.2, -0.15) is 0 Å². The molecule has 5 heterocycles. The van der Waals surface area contributed by atoms with Crippen molar-refractivity contribution in [2.45, 2.75) is 59.3 Å². The number of hydrogen-bond donors (Lipinski definition) is 2. The Morgan fingerprint density at radius 3 is 2.17 bits per heavy atom. The number of carbonyl (C=O) groups is 1. The molecule has 2 aromatic heterocycles. The van der Waals surface area contributed by atoms with Crippen LogP contribution in [0.3, 0.4) is 0 Å². The van der Waals surface area contributed by atoms with Gasteiger partial charge in [-0.15, -0.1) is 0 Å². The number of carbonyl (C=O) groups excluding carboxylic acids is 1. The maximum absolute atomic E-state index is 11.6. The summed E-state index contributed by atoms with van der Waals surface area (Å²) in [5.74, 6) is 0.384. The van der Waals surface area contributed by atoms with Crippen LogP contribution in [0.25, 0.3) is 11.0 Å². The van der Waals surface area contributed by atoms with Crippen LogP contribution in [0.2, 0.25) is 0 Å². The Balaban J connectivity index is 0.000000886. The molecule has 3 aliphatic heterocycles. The average molecular weight is 544 g/mol. The maximum Gasteiger partial charge on any atom is 0.274 e. The zero-order valence-electron chi connectivity index (χ0n) is 24.2. The number of piperazine rings is 1. The third-order valence-corrected chi connectivity index (χ3v) is 7.52. The minimum atomic E-state index is -0.513. The van der Waals surface area contributed by atoms with E-state index in [0.29, 0.717) is 24.2 Å². The van der Waals surface area contributed by atoms with Gasteiger partial charge in [-0.25, -0.2) is 10.5 Å². The Morgan fingerprint density at radius 2 is 1.55 bits per heavy atom. The monoisotopic (exact) mass is 543 g/mol. The average Bonchev–Trinajstić information content (AvgIpc) is 3.44. The quantitative estimate of drug-likeness (QED) is 0.229. The Bertz CT molecular complexity index is 1370. The van der Waals surface area contributed by atoms with E-state index in [2.05, 4.69) is 49.8 Å². The topological polar surface area (TPSA) is 82.9 Å². The molecule has 2 atom stereocenters. The maximum atomic E-state index is 11.6. The molecule has 3 aliphatic rings. The highest BCUT2D eigenvalue weighted by Gasteiger charge is 2.44. The number of hydroxylamine groups is 1. The second-order valence-corrected chi connectivity index (χ2v) is 9.62. The van der Waals surface area contributed by atoms with Crippen LogP contribution >= 0.6 is 0 Å². The first-order valence-corrected chi connectivity index (χ1v) is 14.2. The van der Waals surface area contributed by atoms with E-state index in [1.165, 1.54) is 17.7 Å². The van der Waals surface area contributed by atoms with Crippen LogP contribution in [0.5, 0.6) is 5.75 Å². The Kier molecular flexibility index (Phi) is 9.79. The lowest BCUT2D eigenvalue weighted by Gasteiger charge is -2.57. The number of anilines is 1. The summed E-state index contributed by atoms with van der Waals surface area (Å²) < 4.78 is 7.43. The number of piperidine rings is 1. The summed E-state index contributed by atoms with van der Waals surface area (Å²) in [6.45, 7) is 11.7. The molecule has 212 valence electrons. The molecule has 40 heavy (non-hydrogen) atoms. The number of benzene rings is 2. The van der Waals surface area contributed by atoms with Crippen molar-refractivity contribution in [3.05, 3.63) is 89.7 Å². The van der Waals surface area contributed by atoms with E-state index < -0.39 is 5.91 Å². The van der Waals surface area contributed by atoms with Gasteiger partial charge >= 0.3 is 0 Å². The van der Waals surface area contributed by atoms with Crippen LogP contribution in [0.1, 0.15) is 55.6 Å². The van der Waals surface area contributed by atoms with Gasteiger partial charge in [-0.05, 0) is 53.9 Å². The van der Waals surface area contributed by atoms with Crippen molar-refractivity contribution in [2.75, 3.05) is 25.1 Å². The van der Waals surface area contributed by atoms with Crippen molar-refractivity contribution in [3.63, 3.8) is 0 Å². The second kappa shape index (κ2) is 13.5. The van der Waals surface area contributed by atoms with Crippen LogP contribution in [-0.2, 0) is 13.1 Å². The summed E-state index contributed by atoms with van der Waals surface area (Å²) in [7, 11) is 1.70. The smallest absolute Gasteiger partial charge is 0.274 e. The molecule has 2 bridgehead atoms. The van der Waals surface area contributed by atoms with Crippen molar-refractivity contribution in [1.82, 2.24) is 19.9 Å². The molecular formula is C32H41N5O3. The van der Waals surface area contributed by atoms with E-state index in [-0.39, 0.29) is 0 Å². The highest BCUT2D eigenvalue weighted by Crippen LogP contribution is 2.38. The molecule has 2 unspecified atom stereocenters. The molecule has 8 nitrogen and oxygen atoms in total. The number of amides is 1. The number of pyridine rings is 1. The summed E-state index contributed by atoms with van der Waals surface area (Å²) in [5, 5.41) is 9.98. The highest BCUT2D eigenvalue weighted by atomic mass is 16.5. The van der Waals surface area contributed by atoms with Gasteiger partial charge in [0.15, 0.2) is 0 Å². The SMILES string of the molecule is CC.CC.COc1ccc(CN2C3CC2CN(c2ccnc4c2ccn4Cc2ccc(C(=O)NO)cc2)C3)cc1. The highest BCUT2D eigenvalue weighted by molar-refractivity contribution is 5.93. The van der Waals surface area contributed by atoms with Crippen LogP contribution in [0, 0.1) is 0 Å². The fourth-order valence-electron chi connectivity index (χ4n) is 5.59. The third-order valence-electron chi connectivity index (χ3n) is 7.52. The summed E-state index contributed by atoms with van der Waals surface area (Å²) in [6, 6.07) is 21.0. The molecule has 8 heteroatoms. The minimum Gasteiger partial charge on any atom is -0.497 e. The summed E-state index contributed by atoms with van der Waals surface area (Å²) in [4.78, 5) is 21.4. The van der Waals surface area contributed by atoms with Gasteiger partial charge in [0.25, 0.3) is 5.91 Å². The van der Waals surface area contributed by atoms with E-state index in [1.807, 2.05) is 58.2 Å². The number of ether oxygens (including phenoxy) is 1. The van der Waals surface area contributed by atoms with Gasteiger partial charge in [-0.1, -0.05) is 52.0 Å². The Labute approximate surface area is 237 Å². The molecule has 2 aromatic carbocycles. The number of aromatic nitrogens is 2. The zero-order valence-corrected chi connectivity index (χ0v) is 24.2. The minimum absolute atomic E-state index is 0.420. The van der Waals surface area contributed by atoms with Gasteiger partial charge in [0.05, 0.1) is 7.11 Å². The third kappa shape index (κ3) is 5.98. The van der Waals surface area contributed by atoms with E-state index in [1.54, 1.807) is 24.7 Å². The number of rotatable bonds is 7. The van der Waals surface area contributed by atoms with Crippen molar-refractivity contribution in [3.8, 4) is 5.75 Å². The first-order valence-electron chi connectivity index (χ1n) is 14.2. The van der Waals surface area contributed by atoms with Crippen LogP contribution in [0.4, 0.5) is 5.69 Å². The first kappa shape index (κ1) is 29.1. The predicted octanol–water partition coefficient (Wildman–Crippen LogP) is 5.73. The van der Waals surface area contributed by atoms with Gasteiger partial charge in [-0.3, -0.25) is 14.9 Å². The molecule has 0 radical (unpaired) electrons. The van der Waals surface area contributed by atoms with Gasteiger partial charge in [0, 0.05) is 67.3 Å². The van der Waals surface area contributed by atoms with Crippen molar-refractivity contribution >= 4 is 22.6 Å². The predicted molar refractivity (Wildman–Crippen MR) is 160 cm³/mol. The number of hydrogen-bond acceptors (Lipinski definition) is 6. The normalized spacial score (nSPS) is 17.6. The summed E-state index contributed by atoms with van der Waals surface area (Å²) in [6.07, 6.45) is 5.24. The van der Waals surface area contributed by atoms with E-state index in [9.17, 15) is 4.79 Å².